The fraction of sp³-hybridized carbons (Fsp3) is 0.727. The molecule has 2 heterocycles. The normalized spacial score (nSPS) is 15.3. The van der Waals surface area contributed by atoms with Gasteiger partial charge >= 0.3 is 6.09 Å². The monoisotopic (exact) mass is 579 g/mol. The molecule has 0 saturated carbocycles. The Labute approximate surface area is 210 Å². The van der Waals surface area contributed by atoms with Crippen molar-refractivity contribution in [3.8, 4) is 0 Å². The molecule has 1 unspecified atom stereocenters. The molecular formula is C22H38IN5O3S. The van der Waals surface area contributed by atoms with Gasteiger partial charge in [-0.05, 0) is 69.0 Å². The van der Waals surface area contributed by atoms with Crippen LogP contribution in [0.4, 0.5) is 10.7 Å². The number of carbonyl (C=O) groups excluding carboxylic acids is 2. The number of aryl methyl sites for hydroxylation is 1. The Morgan fingerprint density at radius 1 is 1.25 bits per heavy atom. The van der Waals surface area contributed by atoms with Crippen LogP contribution in [0.3, 0.4) is 0 Å². The Balaban J connectivity index is 0.00000249. The molecule has 1 atom stereocenters. The van der Waals surface area contributed by atoms with Gasteiger partial charge in [-0.15, -0.1) is 0 Å². The number of hydrogen-bond donors (Lipinski definition) is 2. The lowest BCUT2D eigenvalue weighted by Crippen LogP contribution is -2.53. The van der Waals surface area contributed by atoms with Gasteiger partial charge in [0.1, 0.15) is 11.6 Å². The molecule has 10 heteroatoms. The summed E-state index contributed by atoms with van der Waals surface area (Å²) in [6, 6.07) is -0.531. The average Bonchev–Trinajstić information content (AvgIpc) is 2.77. The number of nitrogens with zero attached hydrogens (tertiary/aromatic N) is 3. The number of halogens is 1. The zero-order valence-electron chi connectivity index (χ0n) is 20.1. The molecule has 0 bridgehead atoms. The van der Waals surface area contributed by atoms with Crippen LogP contribution < -0.4 is 15.5 Å². The van der Waals surface area contributed by atoms with Crippen molar-refractivity contribution >= 4 is 52.3 Å². The first-order chi connectivity index (χ1) is 15.2. The molecule has 1 aromatic heterocycles. The molecule has 182 valence electrons. The minimum atomic E-state index is -0.602. The van der Waals surface area contributed by atoms with Crippen molar-refractivity contribution in [1.82, 2.24) is 20.6 Å². The van der Waals surface area contributed by atoms with Crippen LogP contribution in [0.1, 0.15) is 52.5 Å². The van der Waals surface area contributed by atoms with Gasteiger partial charge in [0.2, 0.25) is 11.9 Å². The standard InChI is InChI=1S/C21H35N5O3S.CH3I/c1-6-15-13-22-19(23-14-15)26-10-7-16(8-11-26)24-18(27)17(9-12-30-5)25-20(28)29-21(2,3)4;1-2/h13-14,16-17H,6-12H2,1-5H3,(H,24,27)(H,25,28);1H3. The molecular weight excluding hydrogens is 541 g/mol. The molecule has 2 rings (SSSR count). The van der Waals surface area contributed by atoms with E-state index in [0.717, 1.165) is 49.6 Å². The molecule has 1 aliphatic heterocycles. The topological polar surface area (TPSA) is 96.5 Å². The molecule has 1 aromatic rings. The summed E-state index contributed by atoms with van der Waals surface area (Å²) in [6.45, 7) is 9.05. The summed E-state index contributed by atoms with van der Waals surface area (Å²) in [7, 11) is 0. The molecule has 1 saturated heterocycles. The molecule has 2 amide bonds. The van der Waals surface area contributed by atoms with Crippen LogP contribution in [-0.4, -0.2) is 69.7 Å². The highest BCUT2D eigenvalue weighted by atomic mass is 127. The third-order valence-electron chi connectivity index (χ3n) is 4.84. The Morgan fingerprint density at radius 2 is 1.84 bits per heavy atom. The number of anilines is 1. The van der Waals surface area contributed by atoms with E-state index >= 15 is 0 Å². The van der Waals surface area contributed by atoms with E-state index in [-0.39, 0.29) is 11.9 Å². The van der Waals surface area contributed by atoms with Crippen LogP contribution in [0.15, 0.2) is 12.4 Å². The Bertz CT molecular complexity index is 692. The van der Waals surface area contributed by atoms with E-state index in [4.69, 9.17) is 4.74 Å². The number of hydrogen-bond acceptors (Lipinski definition) is 7. The van der Waals surface area contributed by atoms with Gasteiger partial charge in [0, 0.05) is 31.5 Å². The van der Waals surface area contributed by atoms with Gasteiger partial charge in [0.05, 0.1) is 0 Å². The Morgan fingerprint density at radius 3 is 2.34 bits per heavy atom. The maximum Gasteiger partial charge on any atom is 0.408 e. The first-order valence-electron chi connectivity index (χ1n) is 10.9. The van der Waals surface area contributed by atoms with E-state index in [1.165, 1.54) is 0 Å². The van der Waals surface area contributed by atoms with Gasteiger partial charge in [-0.3, -0.25) is 4.79 Å². The number of aromatic nitrogens is 2. The number of nitrogens with one attached hydrogen (secondary N) is 2. The minimum absolute atomic E-state index is 0.0703. The lowest BCUT2D eigenvalue weighted by molar-refractivity contribution is -0.124. The highest BCUT2D eigenvalue weighted by Crippen LogP contribution is 2.16. The van der Waals surface area contributed by atoms with E-state index in [1.807, 2.05) is 23.6 Å². The maximum atomic E-state index is 12.8. The molecule has 0 radical (unpaired) electrons. The molecule has 8 nitrogen and oxygen atoms in total. The third kappa shape index (κ3) is 10.5. The summed E-state index contributed by atoms with van der Waals surface area (Å²) >= 11 is 3.79. The molecule has 0 aliphatic carbocycles. The minimum Gasteiger partial charge on any atom is -0.444 e. The second-order valence-electron chi connectivity index (χ2n) is 8.50. The van der Waals surface area contributed by atoms with Crippen molar-refractivity contribution in [3.63, 3.8) is 0 Å². The van der Waals surface area contributed by atoms with Crippen LogP contribution in [0.25, 0.3) is 0 Å². The number of alkyl halides is 1. The molecule has 2 N–H and O–H groups in total. The predicted molar refractivity (Wildman–Crippen MR) is 141 cm³/mol. The summed E-state index contributed by atoms with van der Waals surface area (Å²) in [5.74, 6) is 1.36. The highest BCUT2D eigenvalue weighted by molar-refractivity contribution is 14.1. The van der Waals surface area contributed by atoms with Gasteiger partial charge in [-0.1, -0.05) is 29.5 Å². The maximum absolute atomic E-state index is 12.8. The third-order valence-corrected chi connectivity index (χ3v) is 5.49. The fourth-order valence-electron chi connectivity index (χ4n) is 3.17. The van der Waals surface area contributed by atoms with Crippen molar-refractivity contribution in [3.05, 3.63) is 18.0 Å². The number of amides is 2. The second kappa shape index (κ2) is 14.8. The lowest BCUT2D eigenvalue weighted by Gasteiger charge is -2.33. The first kappa shape index (κ1) is 28.7. The number of ether oxygens (including phenoxy) is 1. The van der Waals surface area contributed by atoms with Crippen LogP contribution in [0.2, 0.25) is 0 Å². The lowest BCUT2D eigenvalue weighted by atomic mass is 10.0. The van der Waals surface area contributed by atoms with Crippen molar-refractivity contribution in [2.75, 3.05) is 34.9 Å². The number of thioether (sulfide) groups is 1. The van der Waals surface area contributed by atoms with Gasteiger partial charge in [0.25, 0.3) is 0 Å². The average molecular weight is 580 g/mol. The molecule has 0 spiro atoms. The quantitative estimate of drug-likeness (QED) is 0.357. The van der Waals surface area contributed by atoms with Crippen molar-refractivity contribution in [1.29, 1.82) is 0 Å². The summed E-state index contributed by atoms with van der Waals surface area (Å²) < 4.78 is 5.31. The Hall–Kier alpha value is -1.30. The zero-order valence-corrected chi connectivity index (χ0v) is 23.1. The number of piperidine rings is 1. The second-order valence-corrected chi connectivity index (χ2v) is 9.48. The fourth-order valence-corrected chi connectivity index (χ4v) is 3.65. The predicted octanol–water partition coefficient (Wildman–Crippen LogP) is 3.82. The summed E-state index contributed by atoms with van der Waals surface area (Å²) in [6.07, 6.45) is 8.26. The number of rotatable bonds is 8. The van der Waals surface area contributed by atoms with E-state index in [0.29, 0.717) is 6.42 Å². The summed E-state index contributed by atoms with van der Waals surface area (Å²) in [5.41, 5.74) is 0.518. The highest BCUT2D eigenvalue weighted by Gasteiger charge is 2.28. The number of alkyl carbamates (subject to hydrolysis) is 1. The molecule has 0 aromatic carbocycles. The van der Waals surface area contributed by atoms with Gasteiger partial charge in [-0.25, -0.2) is 14.8 Å². The van der Waals surface area contributed by atoms with Gasteiger partial charge in [0.15, 0.2) is 0 Å². The van der Waals surface area contributed by atoms with E-state index < -0.39 is 17.7 Å². The van der Waals surface area contributed by atoms with E-state index in [1.54, 1.807) is 32.5 Å². The smallest absolute Gasteiger partial charge is 0.408 e. The summed E-state index contributed by atoms with van der Waals surface area (Å²) in [5, 5.41) is 5.83. The van der Waals surface area contributed by atoms with Crippen LogP contribution in [-0.2, 0) is 16.0 Å². The number of carbonyl (C=O) groups is 2. The van der Waals surface area contributed by atoms with Crippen LogP contribution >= 0.6 is 34.4 Å². The van der Waals surface area contributed by atoms with Crippen molar-refractivity contribution < 1.29 is 14.3 Å². The first-order valence-corrected chi connectivity index (χ1v) is 14.5. The van der Waals surface area contributed by atoms with Crippen LogP contribution in [0.5, 0.6) is 0 Å². The zero-order chi connectivity index (χ0) is 24.1. The van der Waals surface area contributed by atoms with Crippen molar-refractivity contribution in [2.24, 2.45) is 0 Å². The molecule has 1 aliphatic rings. The van der Waals surface area contributed by atoms with E-state index in [9.17, 15) is 9.59 Å². The van der Waals surface area contributed by atoms with E-state index in [2.05, 4.69) is 55.0 Å². The summed E-state index contributed by atoms with van der Waals surface area (Å²) in [4.78, 5) is 38.0. The largest absolute Gasteiger partial charge is 0.444 e. The Kier molecular flexibility index (Phi) is 13.3. The van der Waals surface area contributed by atoms with Gasteiger partial charge in [-0.2, -0.15) is 11.8 Å². The molecule has 32 heavy (non-hydrogen) atoms. The van der Waals surface area contributed by atoms with Gasteiger partial charge < -0.3 is 20.3 Å². The molecule has 1 fully saturated rings. The van der Waals surface area contributed by atoms with Crippen molar-refractivity contribution in [2.45, 2.75) is 71.1 Å². The van der Waals surface area contributed by atoms with Crippen LogP contribution in [0, 0.1) is 0 Å². The SMILES string of the molecule is CCc1cnc(N2CCC(NC(=O)C(CCSC)NC(=O)OC(C)(C)C)CC2)nc1.CI.